The highest BCUT2D eigenvalue weighted by Crippen LogP contribution is 2.34. The zero-order valence-electron chi connectivity index (χ0n) is 22.6. The molecule has 0 saturated carbocycles. The number of H-pyrrole nitrogens is 2. The van der Waals surface area contributed by atoms with Gasteiger partial charge in [0.2, 0.25) is 0 Å². The molecule has 2 fully saturated rings. The van der Waals surface area contributed by atoms with Crippen LogP contribution in [-0.4, -0.2) is 97.0 Å². The highest BCUT2D eigenvalue weighted by molar-refractivity contribution is 6.33. The Kier molecular flexibility index (Phi) is 9.56. The molecule has 17 nitrogen and oxygen atoms in total. The van der Waals surface area contributed by atoms with Crippen LogP contribution in [0.1, 0.15) is 22.8 Å². The fourth-order valence-corrected chi connectivity index (χ4v) is 5.08. The number of aromatic amines is 2. The van der Waals surface area contributed by atoms with E-state index in [-0.39, 0.29) is 17.2 Å². The van der Waals surface area contributed by atoms with Crippen LogP contribution in [0.25, 0.3) is 0 Å². The monoisotopic (exact) mass is 638 g/mol. The molecule has 4 heterocycles. The molecule has 8 atom stereocenters. The fourth-order valence-electron chi connectivity index (χ4n) is 4.86. The number of carbonyl (C=O) groups is 1. The summed E-state index contributed by atoms with van der Waals surface area (Å²) in [6.07, 6.45) is -8.32. The third-order valence-corrected chi connectivity index (χ3v) is 7.35. The molecule has 0 bridgehead atoms. The van der Waals surface area contributed by atoms with Crippen molar-refractivity contribution in [1.82, 2.24) is 19.1 Å². The Balaban J connectivity index is 1.30. The van der Waals surface area contributed by atoms with E-state index in [0.717, 1.165) is 33.7 Å². The van der Waals surface area contributed by atoms with Gasteiger partial charge in [0.05, 0.1) is 23.8 Å². The van der Waals surface area contributed by atoms with Crippen LogP contribution < -0.4 is 22.5 Å². The SMILES string of the molecule is O=C(O[C@@H]1[C@H](OCOC[C@H]2O[C@@H](n3ccc(=O)[nH]c3=O)[C@H](O)[C@@H]2O)[C@@H](CO)O[C@H]1n1ccc(=O)[nH]c1=O)c1ccccc1Cl. The van der Waals surface area contributed by atoms with Crippen molar-refractivity contribution in [2.24, 2.45) is 0 Å². The van der Waals surface area contributed by atoms with Crippen molar-refractivity contribution in [1.29, 1.82) is 0 Å². The average molecular weight is 639 g/mol. The second-order valence-electron chi connectivity index (χ2n) is 9.80. The summed E-state index contributed by atoms with van der Waals surface area (Å²) in [5.74, 6) is -0.889. The van der Waals surface area contributed by atoms with Crippen molar-refractivity contribution in [3.8, 4) is 0 Å². The van der Waals surface area contributed by atoms with E-state index in [2.05, 4.69) is 4.98 Å². The lowest BCUT2D eigenvalue weighted by Crippen LogP contribution is -2.42. The van der Waals surface area contributed by atoms with Crippen LogP contribution in [0, 0.1) is 0 Å². The van der Waals surface area contributed by atoms with Crippen LogP contribution in [0.4, 0.5) is 0 Å². The molecule has 5 rings (SSSR count). The maximum absolute atomic E-state index is 13.1. The number of benzene rings is 1. The predicted molar refractivity (Wildman–Crippen MR) is 146 cm³/mol. The summed E-state index contributed by atoms with van der Waals surface area (Å²) in [4.78, 5) is 64.8. The van der Waals surface area contributed by atoms with Crippen molar-refractivity contribution in [2.45, 2.75) is 49.1 Å². The lowest BCUT2D eigenvalue weighted by molar-refractivity contribution is -0.153. The molecule has 0 spiro atoms. The highest BCUT2D eigenvalue weighted by Gasteiger charge is 2.50. The molecule has 2 aliphatic rings. The van der Waals surface area contributed by atoms with Crippen molar-refractivity contribution >= 4 is 17.6 Å². The molecule has 2 aromatic heterocycles. The minimum absolute atomic E-state index is 0.00580. The lowest BCUT2D eigenvalue weighted by Gasteiger charge is -2.25. The molecule has 2 aliphatic heterocycles. The summed E-state index contributed by atoms with van der Waals surface area (Å²) in [6.45, 7) is -1.52. The molecule has 236 valence electrons. The number of hydrogen-bond acceptors (Lipinski definition) is 13. The number of rotatable bonds is 10. The van der Waals surface area contributed by atoms with Crippen molar-refractivity contribution in [3.05, 3.63) is 101 Å². The summed E-state index contributed by atoms with van der Waals surface area (Å²) in [7, 11) is 0. The lowest BCUT2D eigenvalue weighted by atomic mass is 10.1. The van der Waals surface area contributed by atoms with Crippen LogP contribution in [0.2, 0.25) is 5.02 Å². The van der Waals surface area contributed by atoms with E-state index in [9.17, 15) is 39.3 Å². The Labute approximate surface area is 250 Å². The average Bonchev–Trinajstić information content (AvgIpc) is 3.47. The van der Waals surface area contributed by atoms with Gasteiger partial charge in [0.1, 0.15) is 37.3 Å². The van der Waals surface area contributed by atoms with Crippen molar-refractivity contribution in [3.63, 3.8) is 0 Å². The van der Waals surface area contributed by atoms with E-state index in [1.807, 2.05) is 4.98 Å². The molecular weight excluding hydrogens is 612 g/mol. The third kappa shape index (κ3) is 6.44. The third-order valence-electron chi connectivity index (χ3n) is 7.02. The van der Waals surface area contributed by atoms with E-state index < -0.39 is 90.9 Å². The molecule has 0 aliphatic carbocycles. The summed E-state index contributed by atoms with van der Waals surface area (Å²) < 4.78 is 30.2. The Bertz CT molecular complexity index is 1720. The molecule has 18 heteroatoms. The van der Waals surface area contributed by atoms with E-state index in [1.165, 1.54) is 12.1 Å². The van der Waals surface area contributed by atoms with Gasteiger partial charge in [-0.05, 0) is 12.1 Å². The topological polar surface area (TPSA) is 234 Å². The van der Waals surface area contributed by atoms with Gasteiger partial charge in [0.15, 0.2) is 18.6 Å². The number of nitrogens with one attached hydrogen (secondary N) is 2. The van der Waals surface area contributed by atoms with E-state index in [0.29, 0.717) is 0 Å². The summed E-state index contributed by atoms with van der Waals surface area (Å²) >= 11 is 6.14. The number of esters is 1. The van der Waals surface area contributed by atoms with Gasteiger partial charge >= 0.3 is 17.3 Å². The van der Waals surface area contributed by atoms with Gasteiger partial charge < -0.3 is 39.0 Å². The first-order valence-corrected chi connectivity index (χ1v) is 13.5. The van der Waals surface area contributed by atoms with Crippen LogP contribution in [0.5, 0.6) is 0 Å². The van der Waals surface area contributed by atoms with Gasteiger partial charge in [0.25, 0.3) is 11.1 Å². The van der Waals surface area contributed by atoms with Crippen LogP contribution in [0.3, 0.4) is 0 Å². The number of ether oxygens (including phenoxy) is 5. The first kappa shape index (κ1) is 31.5. The quantitative estimate of drug-likeness (QED) is 0.0905. The van der Waals surface area contributed by atoms with Crippen LogP contribution >= 0.6 is 11.6 Å². The first-order chi connectivity index (χ1) is 21.1. The van der Waals surface area contributed by atoms with Crippen LogP contribution in [0.15, 0.2) is 68.0 Å². The number of nitrogens with zero attached hydrogens (tertiary/aromatic N) is 2. The molecule has 0 amide bonds. The number of aromatic nitrogens is 4. The zero-order chi connectivity index (χ0) is 31.5. The number of halogens is 1. The largest absolute Gasteiger partial charge is 0.451 e. The molecular formula is C26H27ClN4O13. The van der Waals surface area contributed by atoms with Gasteiger partial charge in [-0.25, -0.2) is 14.4 Å². The Morgan fingerprint density at radius 2 is 1.48 bits per heavy atom. The summed E-state index contributed by atoms with van der Waals surface area (Å²) in [6, 6.07) is 8.16. The Hall–Kier alpha value is -3.94. The van der Waals surface area contributed by atoms with Crippen molar-refractivity contribution < 1.29 is 43.8 Å². The zero-order valence-corrected chi connectivity index (χ0v) is 23.3. The standard InChI is InChI=1S/C26H27ClN4O13/c27-13-4-2-1-3-12(13)24(37)44-21-20(14(9-32)42-23(21)31-8-6-17(34)29-26(31)39)41-11-40-10-15-18(35)19(36)22(43-15)30-7-5-16(33)28-25(30)38/h1-8,14-15,18-23,32,35-36H,9-11H2,(H,28,33,38)(H,29,34,39)/t14-,15-,18-,19-,20-,21-,22-,23-/m1/s1. The normalized spacial score (nSPS) is 28.3. The van der Waals surface area contributed by atoms with Crippen LogP contribution in [-0.2, 0) is 23.7 Å². The second kappa shape index (κ2) is 13.4. The summed E-state index contributed by atoms with van der Waals surface area (Å²) in [5.41, 5.74) is -3.06. The molecule has 2 saturated heterocycles. The van der Waals surface area contributed by atoms with Gasteiger partial charge in [-0.1, -0.05) is 23.7 Å². The highest BCUT2D eigenvalue weighted by atomic mass is 35.5. The minimum atomic E-state index is -1.54. The number of carbonyl (C=O) groups excluding carboxylic acids is 1. The second-order valence-corrected chi connectivity index (χ2v) is 10.2. The minimum Gasteiger partial charge on any atom is -0.451 e. The van der Waals surface area contributed by atoms with Gasteiger partial charge in [0, 0.05) is 24.5 Å². The smallest absolute Gasteiger partial charge is 0.340 e. The Morgan fingerprint density at radius 3 is 2.09 bits per heavy atom. The first-order valence-electron chi connectivity index (χ1n) is 13.1. The molecule has 44 heavy (non-hydrogen) atoms. The maximum Gasteiger partial charge on any atom is 0.340 e. The van der Waals surface area contributed by atoms with Gasteiger partial charge in [-0.3, -0.25) is 28.7 Å². The molecule has 0 radical (unpaired) electrons. The molecule has 5 N–H and O–H groups in total. The van der Waals surface area contributed by atoms with Gasteiger partial charge in [-0.15, -0.1) is 0 Å². The molecule has 0 unspecified atom stereocenters. The maximum atomic E-state index is 13.1. The predicted octanol–water partition coefficient (Wildman–Crippen LogP) is -2.17. The molecule has 3 aromatic rings. The number of aliphatic hydroxyl groups is 3. The van der Waals surface area contributed by atoms with Gasteiger partial charge in [-0.2, -0.15) is 0 Å². The fraction of sp³-hybridized carbons (Fsp3) is 0.423. The van der Waals surface area contributed by atoms with E-state index in [4.69, 9.17) is 35.3 Å². The Morgan fingerprint density at radius 1 is 0.864 bits per heavy atom. The van der Waals surface area contributed by atoms with E-state index in [1.54, 1.807) is 12.1 Å². The number of aliphatic hydroxyl groups excluding tert-OH is 3. The van der Waals surface area contributed by atoms with Crippen molar-refractivity contribution in [2.75, 3.05) is 20.0 Å². The molecule has 1 aromatic carbocycles. The van der Waals surface area contributed by atoms with E-state index >= 15 is 0 Å². The number of hydrogen-bond donors (Lipinski definition) is 5. The summed E-state index contributed by atoms with van der Waals surface area (Å²) in [5, 5.41) is 31.0.